The molecular weight excluding hydrogens is 413 g/mol. The number of hydrogen-bond donors (Lipinski definition) is 3. The van der Waals surface area contributed by atoms with Gasteiger partial charge in [-0.05, 0) is 30.3 Å². The second kappa shape index (κ2) is 8.29. The van der Waals surface area contributed by atoms with E-state index in [9.17, 15) is 22.8 Å². The highest BCUT2D eigenvalue weighted by atomic mass is 19.4. The Kier molecular flexibility index (Phi) is 5.92. The summed E-state index contributed by atoms with van der Waals surface area (Å²) in [5.41, 5.74) is 2.69. The fraction of sp³-hybridized carbons (Fsp3) is 0.286. The molecule has 0 unspecified atom stereocenters. The van der Waals surface area contributed by atoms with E-state index in [2.05, 4.69) is 21.2 Å². The van der Waals surface area contributed by atoms with Gasteiger partial charge in [-0.2, -0.15) is 18.3 Å². The van der Waals surface area contributed by atoms with Crippen molar-refractivity contribution in [1.82, 2.24) is 5.43 Å². The Morgan fingerprint density at radius 3 is 2.42 bits per heavy atom. The minimum atomic E-state index is -4.63. The van der Waals surface area contributed by atoms with Crippen LogP contribution >= 0.6 is 0 Å². The zero-order valence-electron chi connectivity index (χ0n) is 17.1. The van der Waals surface area contributed by atoms with Crippen molar-refractivity contribution < 1.29 is 27.5 Å². The van der Waals surface area contributed by atoms with Crippen molar-refractivity contribution in [1.29, 1.82) is 0 Å². The van der Waals surface area contributed by atoms with E-state index in [1.807, 2.05) is 13.8 Å². The first kappa shape index (κ1) is 22.1. The number of nitrogens with zero attached hydrogens (tertiary/aromatic N) is 1. The predicted octanol–water partition coefficient (Wildman–Crippen LogP) is 4.61. The summed E-state index contributed by atoms with van der Waals surface area (Å²) in [6.45, 7) is 3.78. The number of benzene rings is 2. The fourth-order valence-corrected chi connectivity index (χ4v) is 3.29. The van der Waals surface area contributed by atoms with Crippen molar-refractivity contribution in [3.8, 4) is 5.75 Å². The second-order valence-electron chi connectivity index (χ2n) is 7.63. The molecule has 164 valence electrons. The first-order valence-corrected chi connectivity index (χ1v) is 9.30. The molecule has 0 aliphatic carbocycles. The first-order chi connectivity index (χ1) is 14.5. The highest BCUT2D eigenvalue weighted by molar-refractivity contribution is 6.09. The molecule has 0 saturated heterocycles. The van der Waals surface area contributed by atoms with Crippen LogP contribution in [0, 0.1) is 5.41 Å². The SMILES string of the molecule is COc1ccc(NC(=O)Nc2cccc(C3=NNC(=O)CC3(C)C)c2)cc1C(F)(F)F. The number of nitrogens with one attached hydrogen (secondary N) is 3. The number of urea groups is 1. The van der Waals surface area contributed by atoms with E-state index in [0.29, 0.717) is 17.0 Å². The molecule has 1 aliphatic heterocycles. The van der Waals surface area contributed by atoms with Crippen molar-refractivity contribution in [2.45, 2.75) is 26.4 Å². The Labute approximate surface area is 176 Å². The predicted molar refractivity (Wildman–Crippen MR) is 110 cm³/mol. The van der Waals surface area contributed by atoms with Gasteiger partial charge < -0.3 is 15.4 Å². The van der Waals surface area contributed by atoms with Crippen LogP contribution in [0.5, 0.6) is 5.75 Å². The summed E-state index contributed by atoms with van der Waals surface area (Å²) in [5, 5.41) is 9.11. The lowest BCUT2D eigenvalue weighted by Gasteiger charge is -2.29. The van der Waals surface area contributed by atoms with Crippen LogP contribution in [0.15, 0.2) is 47.6 Å². The Balaban J connectivity index is 1.77. The van der Waals surface area contributed by atoms with Gasteiger partial charge in [-0.1, -0.05) is 26.0 Å². The third kappa shape index (κ3) is 5.14. The quantitative estimate of drug-likeness (QED) is 0.656. The van der Waals surface area contributed by atoms with Crippen molar-refractivity contribution in [3.63, 3.8) is 0 Å². The molecule has 1 aliphatic rings. The average Bonchev–Trinajstić information content (AvgIpc) is 2.66. The number of ether oxygens (including phenoxy) is 1. The van der Waals surface area contributed by atoms with Gasteiger partial charge in [-0.25, -0.2) is 10.2 Å². The molecule has 0 bridgehead atoms. The Morgan fingerprint density at radius 1 is 1.13 bits per heavy atom. The topological polar surface area (TPSA) is 91.8 Å². The first-order valence-electron chi connectivity index (χ1n) is 9.30. The Hall–Kier alpha value is -3.56. The number of rotatable bonds is 4. The summed E-state index contributed by atoms with van der Waals surface area (Å²) in [4.78, 5) is 23.9. The van der Waals surface area contributed by atoms with Gasteiger partial charge in [-0.15, -0.1) is 0 Å². The highest BCUT2D eigenvalue weighted by Gasteiger charge is 2.35. The van der Waals surface area contributed by atoms with Gasteiger partial charge in [0.2, 0.25) is 5.91 Å². The minimum absolute atomic E-state index is 0.0396. The van der Waals surface area contributed by atoms with Gasteiger partial charge in [-0.3, -0.25) is 4.79 Å². The van der Waals surface area contributed by atoms with E-state index >= 15 is 0 Å². The lowest BCUT2D eigenvalue weighted by Crippen LogP contribution is -2.39. The fourth-order valence-electron chi connectivity index (χ4n) is 3.29. The molecular formula is C21H21F3N4O3. The molecule has 2 aromatic rings. The molecule has 0 aromatic heterocycles. The van der Waals surface area contributed by atoms with Crippen LogP contribution in [0.3, 0.4) is 0 Å². The number of methoxy groups -OCH3 is 1. The zero-order valence-corrected chi connectivity index (χ0v) is 17.1. The highest BCUT2D eigenvalue weighted by Crippen LogP contribution is 2.37. The van der Waals surface area contributed by atoms with Crippen molar-refractivity contribution in [2.24, 2.45) is 10.5 Å². The van der Waals surface area contributed by atoms with Gasteiger partial charge >= 0.3 is 12.2 Å². The van der Waals surface area contributed by atoms with E-state index in [4.69, 9.17) is 4.74 Å². The van der Waals surface area contributed by atoms with E-state index < -0.39 is 23.2 Å². The molecule has 0 fully saturated rings. The van der Waals surface area contributed by atoms with Crippen molar-refractivity contribution in [2.75, 3.05) is 17.7 Å². The summed E-state index contributed by atoms with van der Waals surface area (Å²) < 4.78 is 44.2. The second-order valence-corrected chi connectivity index (χ2v) is 7.63. The van der Waals surface area contributed by atoms with E-state index in [0.717, 1.165) is 19.2 Å². The normalized spacial score (nSPS) is 15.5. The number of hydrogen-bond acceptors (Lipinski definition) is 4. The molecule has 10 heteroatoms. The Morgan fingerprint density at radius 2 is 1.81 bits per heavy atom. The van der Waals surface area contributed by atoms with Gasteiger partial charge in [0.05, 0.1) is 18.4 Å². The Bertz CT molecular complexity index is 1050. The molecule has 1 heterocycles. The standard InChI is InChI=1S/C21H21F3N4O3/c1-20(2)11-17(29)27-28-18(20)12-5-4-6-13(9-12)25-19(30)26-14-7-8-16(31-3)15(10-14)21(22,23)24/h4-10H,11H2,1-3H3,(H,27,29)(H2,25,26,30). The number of carbonyl (C=O) groups excluding carboxylic acids is 2. The lowest BCUT2D eigenvalue weighted by molar-refractivity contribution is -0.138. The summed E-state index contributed by atoms with van der Waals surface area (Å²) >= 11 is 0. The summed E-state index contributed by atoms with van der Waals surface area (Å²) in [6.07, 6.45) is -4.36. The number of anilines is 2. The maximum Gasteiger partial charge on any atom is 0.420 e. The minimum Gasteiger partial charge on any atom is -0.496 e. The molecule has 3 rings (SSSR count). The van der Waals surface area contributed by atoms with Crippen molar-refractivity contribution in [3.05, 3.63) is 53.6 Å². The van der Waals surface area contributed by atoms with Crippen LogP contribution in [0.2, 0.25) is 0 Å². The smallest absolute Gasteiger partial charge is 0.420 e. The number of halogens is 3. The molecule has 3 N–H and O–H groups in total. The van der Waals surface area contributed by atoms with Crippen LogP contribution in [0.25, 0.3) is 0 Å². The molecule has 3 amide bonds. The molecule has 31 heavy (non-hydrogen) atoms. The summed E-state index contributed by atoms with van der Waals surface area (Å²) in [6, 6.07) is 9.34. The molecule has 2 aromatic carbocycles. The van der Waals surface area contributed by atoms with Gasteiger partial charge in [0.25, 0.3) is 0 Å². The number of carbonyl (C=O) groups is 2. The van der Waals surface area contributed by atoms with E-state index in [-0.39, 0.29) is 23.8 Å². The van der Waals surface area contributed by atoms with Crippen LogP contribution in [0.4, 0.5) is 29.3 Å². The summed E-state index contributed by atoms with van der Waals surface area (Å²) in [5.74, 6) is -0.519. The van der Waals surface area contributed by atoms with Crippen LogP contribution in [-0.4, -0.2) is 24.8 Å². The molecule has 7 nitrogen and oxygen atoms in total. The van der Waals surface area contributed by atoms with Gasteiger partial charge in [0.1, 0.15) is 5.75 Å². The molecule has 0 saturated carbocycles. The monoisotopic (exact) mass is 434 g/mol. The number of amides is 3. The van der Waals surface area contributed by atoms with Crippen molar-refractivity contribution >= 4 is 29.0 Å². The average molecular weight is 434 g/mol. The zero-order chi connectivity index (χ0) is 22.8. The molecule has 0 spiro atoms. The van der Waals surface area contributed by atoms with Crippen LogP contribution in [0.1, 0.15) is 31.4 Å². The third-order valence-electron chi connectivity index (χ3n) is 4.69. The van der Waals surface area contributed by atoms with Crippen LogP contribution in [-0.2, 0) is 11.0 Å². The largest absolute Gasteiger partial charge is 0.496 e. The van der Waals surface area contributed by atoms with E-state index in [1.54, 1.807) is 24.3 Å². The van der Waals surface area contributed by atoms with Gasteiger partial charge in [0.15, 0.2) is 0 Å². The van der Waals surface area contributed by atoms with Gasteiger partial charge in [0, 0.05) is 28.8 Å². The summed E-state index contributed by atoms with van der Waals surface area (Å²) in [7, 11) is 1.14. The number of alkyl halides is 3. The maximum atomic E-state index is 13.2. The lowest BCUT2D eigenvalue weighted by atomic mass is 9.79. The maximum absolute atomic E-state index is 13.2. The van der Waals surface area contributed by atoms with E-state index in [1.165, 1.54) is 6.07 Å². The van der Waals surface area contributed by atoms with Crippen LogP contribution < -0.4 is 20.8 Å². The number of hydrazone groups is 1. The molecule has 0 radical (unpaired) electrons. The molecule has 0 atom stereocenters. The third-order valence-corrected chi connectivity index (χ3v) is 4.69.